The minimum Gasteiger partial charge on any atom is -0.467 e. The molecule has 1 aromatic carbocycles. The Morgan fingerprint density at radius 3 is 2.83 bits per heavy atom. The summed E-state index contributed by atoms with van der Waals surface area (Å²) in [5.41, 5.74) is 6.04. The monoisotopic (exact) mass is 361 g/mol. The molecule has 0 fully saturated rings. The molecule has 0 atom stereocenters. The summed E-state index contributed by atoms with van der Waals surface area (Å²) in [7, 11) is 1.42. The van der Waals surface area contributed by atoms with Crippen LogP contribution in [-0.4, -0.2) is 22.1 Å². The second-order valence-electron chi connectivity index (χ2n) is 3.23. The SMILES string of the molecule is COc1nc(N)nc(Nc2cccc(F)c2I)n1. The highest BCUT2D eigenvalue weighted by molar-refractivity contribution is 14.1. The molecule has 8 heteroatoms. The van der Waals surface area contributed by atoms with Crippen molar-refractivity contribution in [3.05, 3.63) is 27.6 Å². The molecule has 3 N–H and O–H groups in total. The Balaban J connectivity index is 2.34. The van der Waals surface area contributed by atoms with E-state index in [-0.39, 0.29) is 23.7 Å². The van der Waals surface area contributed by atoms with Gasteiger partial charge in [0, 0.05) is 0 Å². The standard InChI is InChI=1S/C10H9FIN5O/c1-18-10-16-8(13)15-9(17-10)14-6-4-2-3-5(11)7(6)12/h2-4H,1H3,(H3,13,14,15,16,17). The van der Waals surface area contributed by atoms with Gasteiger partial charge in [-0.3, -0.25) is 0 Å². The molecule has 0 saturated heterocycles. The summed E-state index contributed by atoms with van der Waals surface area (Å²) >= 11 is 1.89. The Bertz CT molecular complexity index is 580. The molecule has 0 unspecified atom stereocenters. The van der Waals surface area contributed by atoms with Crippen LogP contribution in [0, 0.1) is 9.39 Å². The lowest BCUT2D eigenvalue weighted by Crippen LogP contribution is -2.06. The van der Waals surface area contributed by atoms with Gasteiger partial charge in [0.2, 0.25) is 11.9 Å². The molecule has 0 aliphatic carbocycles. The molecular weight excluding hydrogens is 352 g/mol. The Morgan fingerprint density at radius 2 is 2.11 bits per heavy atom. The molecule has 2 rings (SSSR count). The summed E-state index contributed by atoms with van der Waals surface area (Å²) < 4.78 is 18.7. The summed E-state index contributed by atoms with van der Waals surface area (Å²) in [6.45, 7) is 0. The van der Waals surface area contributed by atoms with Gasteiger partial charge in [-0.25, -0.2) is 4.39 Å². The first-order valence-electron chi connectivity index (χ1n) is 4.86. The number of hydrogen-bond donors (Lipinski definition) is 2. The third kappa shape index (κ3) is 2.75. The van der Waals surface area contributed by atoms with Crippen LogP contribution in [0.4, 0.5) is 22.0 Å². The highest BCUT2D eigenvalue weighted by Crippen LogP contribution is 2.23. The number of hydrogen-bond acceptors (Lipinski definition) is 6. The quantitative estimate of drug-likeness (QED) is 0.813. The van der Waals surface area contributed by atoms with E-state index in [9.17, 15) is 4.39 Å². The normalized spacial score (nSPS) is 10.2. The van der Waals surface area contributed by atoms with Crippen LogP contribution in [-0.2, 0) is 0 Å². The first-order valence-corrected chi connectivity index (χ1v) is 5.94. The van der Waals surface area contributed by atoms with E-state index in [0.29, 0.717) is 9.26 Å². The van der Waals surface area contributed by atoms with Gasteiger partial charge in [0.15, 0.2) is 0 Å². The number of halogens is 2. The van der Waals surface area contributed by atoms with Gasteiger partial charge in [0.1, 0.15) is 5.82 Å². The summed E-state index contributed by atoms with van der Waals surface area (Å²) in [5.74, 6) is -0.103. The first-order chi connectivity index (χ1) is 8.60. The fourth-order valence-corrected chi connectivity index (χ4v) is 1.73. The van der Waals surface area contributed by atoms with Crippen molar-refractivity contribution in [1.82, 2.24) is 15.0 Å². The topological polar surface area (TPSA) is 86.0 Å². The van der Waals surface area contributed by atoms with Crippen LogP contribution in [0.1, 0.15) is 0 Å². The lowest BCUT2D eigenvalue weighted by molar-refractivity contribution is 0.380. The number of rotatable bonds is 3. The molecule has 6 nitrogen and oxygen atoms in total. The van der Waals surface area contributed by atoms with Crippen molar-refractivity contribution in [3.8, 4) is 6.01 Å². The van der Waals surface area contributed by atoms with Crippen molar-refractivity contribution in [2.75, 3.05) is 18.2 Å². The highest BCUT2D eigenvalue weighted by atomic mass is 127. The van der Waals surface area contributed by atoms with E-state index in [2.05, 4.69) is 20.3 Å². The molecule has 1 aromatic heterocycles. The molecule has 0 aliphatic rings. The van der Waals surface area contributed by atoms with Crippen molar-refractivity contribution in [3.63, 3.8) is 0 Å². The molecular formula is C10H9FIN5O. The predicted molar refractivity (Wildman–Crippen MR) is 73.2 cm³/mol. The highest BCUT2D eigenvalue weighted by Gasteiger charge is 2.09. The summed E-state index contributed by atoms with van der Waals surface area (Å²) in [4.78, 5) is 11.6. The molecule has 1 heterocycles. The number of methoxy groups -OCH3 is 1. The molecule has 0 amide bonds. The zero-order chi connectivity index (χ0) is 13.1. The number of nitrogens with one attached hydrogen (secondary N) is 1. The summed E-state index contributed by atoms with van der Waals surface area (Å²) in [6.07, 6.45) is 0. The van der Waals surface area contributed by atoms with Gasteiger partial charge in [-0.1, -0.05) is 6.07 Å². The minimum atomic E-state index is -0.324. The van der Waals surface area contributed by atoms with Crippen molar-refractivity contribution in [2.24, 2.45) is 0 Å². The van der Waals surface area contributed by atoms with E-state index in [1.807, 2.05) is 22.6 Å². The smallest absolute Gasteiger partial charge is 0.322 e. The molecule has 18 heavy (non-hydrogen) atoms. The van der Waals surface area contributed by atoms with Crippen LogP contribution in [0.15, 0.2) is 18.2 Å². The number of anilines is 3. The van der Waals surface area contributed by atoms with Gasteiger partial charge in [-0.2, -0.15) is 15.0 Å². The number of nitrogen functional groups attached to an aromatic ring is 1. The van der Waals surface area contributed by atoms with Crippen molar-refractivity contribution >= 4 is 40.2 Å². The average Bonchev–Trinajstić information content (AvgIpc) is 2.34. The maximum absolute atomic E-state index is 13.4. The zero-order valence-electron chi connectivity index (χ0n) is 9.32. The van der Waals surface area contributed by atoms with Crippen molar-refractivity contribution in [2.45, 2.75) is 0 Å². The third-order valence-corrected chi connectivity index (χ3v) is 3.11. The number of nitrogens with zero attached hydrogens (tertiary/aromatic N) is 3. The predicted octanol–water partition coefficient (Wildman–Crippen LogP) is 1.95. The molecule has 0 bridgehead atoms. The molecule has 0 radical (unpaired) electrons. The van der Waals surface area contributed by atoms with E-state index in [4.69, 9.17) is 10.5 Å². The van der Waals surface area contributed by atoms with E-state index < -0.39 is 0 Å². The Morgan fingerprint density at radius 1 is 1.33 bits per heavy atom. The van der Waals surface area contributed by atoms with Crippen LogP contribution in [0.25, 0.3) is 0 Å². The lowest BCUT2D eigenvalue weighted by Gasteiger charge is -2.08. The lowest BCUT2D eigenvalue weighted by atomic mass is 10.3. The second kappa shape index (κ2) is 5.29. The third-order valence-electron chi connectivity index (χ3n) is 2.01. The van der Waals surface area contributed by atoms with Crippen LogP contribution >= 0.6 is 22.6 Å². The van der Waals surface area contributed by atoms with Crippen LogP contribution in [0.2, 0.25) is 0 Å². The fraction of sp³-hybridized carbons (Fsp3) is 0.100. The van der Waals surface area contributed by atoms with E-state index in [1.165, 1.54) is 13.2 Å². The van der Waals surface area contributed by atoms with Gasteiger partial charge >= 0.3 is 6.01 Å². The molecule has 94 valence electrons. The van der Waals surface area contributed by atoms with E-state index in [1.54, 1.807) is 12.1 Å². The van der Waals surface area contributed by atoms with Gasteiger partial charge < -0.3 is 15.8 Å². The minimum absolute atomic E-state index is 0.0239. The number of nitrogens with two attached hydrogens (primary N) is 1. The maximum Gasteiger partial charge on any atom is 0.322 e. The largest absolute Gasteiger partial charge is 0.467 e. The van der Waals surface area contributed by atoms with Gasteiger partial charge in [-0.05, 0) is 34.7 Å². The Hall–Kier alpha value is -1.71. The van der Waals surface area contributed by atoms with Crippen LogP contribution in [0.5, 0.6) is 6.01 Å². The Kier molecular flexibility index (Phi) is 3.75. The van der Waals surface area contributed by atoms with Crippen molar-refractivity contribution < 1.29 is 9.13 Å². The van der Waals surface area contributed by atoms with Crippen LogP contribution in [0.3, 0.4) is 0 Å². The summed E-state index contributed by atoms with van der Waals surface area (Å²) in [6, 6.07) is 4.75. The molecule has 0 aliphatic heterocycles. The van der Waals surface area contributed by atoms with Crippen molar-refractivity contribution in [1.29, 1.82) is 0 Å². The fourth-order valence-electron chi connectivity index (χ4n) is 1.24. The average molecular weight is 361 g/mol. The van der Waals surface area contributed by atoms with E-state index >= 15 is 0 Å². The molecule has 0 spiro atoms. The van der Waals surface area contributed by atoms with Gasteiger partial charge in [-0.15, -0.1) is 0 Å². The van der Waals surface area contributed by atoms with Gasteiger partial charge in [0.05, 0.1) is 16.4 Å². The number of ether oxygens (including phenoxy) is 1. The number of benzene rings is 1. The number of aromatic nitrogens is 3. The van der Waals surface area contributed by atoms with Gasteiger partial charge in [0.25, 0.3) is 0 Å². The van der Waals surface area contributed by atoms with Crippen LogP contribution < -0.4 is 15.8 Å². The molecule has 2 aromatic rings. The molecule has 0 saturated carbocycles. The Labute approximate surface area is 116 Å². The summed E-state index contributed by atoms with van der Waals surface area (Å²) in [5, 5.41) is 2.86. The second-order valence-corrected chi connectivity index (χ2v) is 4.31. The van der Waals surface area contributed by atoms with E-state index in [0.717, 1.165) is 0 Å². The zero-order valence-corrected chi connectivity index (χ0v) is 11.5. The first kappa shape index (κ1) is 12.7. The maximum atomic E-state index is 13.4.